The molecule has 5 nitrogen and oxygen atoms in total. The zero-order valence-corrected chi connectivity index (χ0v) is 14.7. The summed E-state index contributed by atoms with van der Waals surface area (Å²) < 4.78 is 1.79. The second-order valence-electron chi connectivity index (χ2n) is 6.18. The summed E-state index contributed by atoms with van der Waals surface area (Å²) in [5.74, 6) is 0. The number of hydrogen-bond acceptors (Lipinski definition) is 2. The van der Waals surface area contributed by atoms with Crippen LogP contribution in [0.15, 0.2) is 36.7 Å². The molecule has 1 aromatic heterocycles. The summed E-state index contributed by atoms with van der Waals surface area (Å²) in [5.41, 5.74) is 1.92. The van der Waals surface area contributed by atoms with E-state index in [1.165, 1.54) is 6.42 Å². The van der Waals surface area contributed by atoms with Crippen LogP contribution < -0.4 is 5.32 Å². The number of urea groups is 1. The highest BCUT2D eigenvalue weighted by Crippen LogP contribution is 2.19. The third-order valence-corrected chi connectivity index (χ3v) is 4.78. The molecule has 1 fully saturated rings. The zero-order valence-electron chi connectivity index (χ0n) is 13.9. The van der Waals surface area contributed by atoms with E-state index in [1.807, 2.05) is 35.4 Å². The fourth-order valence-corrected chi connectivity index (χ4v) is 3.28. The number of likely N-dealkylation sites (tertiary alicyclic amines) is 1. The predicted octanol–water partition coefficient (Wildman–Crippen LogP) is 4.00. The average Bonchev–Trinajstić information content (AvgIpc) is 3.09. The van der Waals surface area contributed by atoms with Crippen LogP contribution >= 0.6 is 11.6 Å². The topological polar surface area (TPSA) is 50.2 Å². The maximum Gasteiger partial charge on any atom is 0.317 e. The van der Waals surface area contributed by atoms with Crippen LogP contribution in [0.25, 0.3) is 5.69 Å². The van der Waals surface area contributed by atoms with E-state index in [0.717, 1.165) is 37.1 Å². The van der Waals surface area contributed by atoms with Gasteiger partial charge in [0.25, 0.3) is 0 Å². The number of carbonyl (C=O) groups excluding carboxylic acids is 1. The number of hydrogen-bond donors (Lipinski definition) is 1. The number of rotatable bonds is 4. The Kier molecular flexibility index (Phi) is 5.41. The van der Waals surface area contributed by atoms with Crippen LogP contribution in [0, 0.1) is 0 Å². The van der Waals surface area contributed by atoms with Gasteiger partial charge < -0.3 is 10.2 Å². The van der Waals surface area contributed by atoms with Crippen molar-refractivity contribution in [2.45, 2.75) is 45.2 Å². The molecule has 0 spiro atoms. The standard InChI is InChI=1S/C18H23ClN4O/c1-2-16-5-3-4-10-22(16)18(24)20-11-14-12-21-23(13-14)17-8-6-15(19)7-9-17/h6-9,12-13,16H,2-5,10-11H2,1H3,(H,20,24). The van der Waals surface area contributed by atoms with Gasteiger partial charge in [-0.2, -0.15) is 5.10 Å². The van der Waals surface area contributed by atoms with Crippen LogP contribution in [0.4, 0.5) is 4.79 Å². The fourth-order valence-electron chi connectivity index (χ4n) is 3.16. The molecule has 24 heavy (non-hydrogen) atoms. The Morgan fingerprint density at radius 3 is 2.88 bits per heavy atom. The van der Waals surface area contributed by atoms with Gasteiger partial charge in [0, 0.05) is 35.9 Å². The average molecular weight is 347 g/mol. The van der Waals surface area contributed by atoms with Gasteiger partial charge in [0.15, 0.2) is 0 Å². The summed E-state index contributed by atoms with van der Waals surface area (Å²) in [4.78, 5) is 14.4. The van der Waals surface area contributed by atoms with Gasteiger partial charge in [-0.1, -0.05) is 18.5 Å². The molecular formula is C18H23ClN4O. The van der Waals surface area contributed by atoms with Crippen molar-refractivity contribution < 1.29 is 4.79 Å². The first-order valence-electron chi connectivity index (χ1n) is 8.51. The molecule has 2 aromatic rings. The van der Waals surface area contributed by atoms with E-state index in [-0.39, 0.29) is 6.03 Å². The number of carbonyl (C=O) groups is 1. The normalized spacial score (nSPS) is 17.8. The third kappa shape index (κ3) is 3.90. The van der Waals surface area contributed by atoms with Crippen molar-refractivity contribution in [2.75, 3.05) is 6.54 Å². The first kappa shape index (κ1) is 16.8. The van der Waals surface area contributed by atoms with Crippen LogP contribution in [0.5, 0.6) is 0 Å². The van der Waals surface area contributed by atoms with Crippen molar-refractivity contribution in [1.82, 2.24) is 20.0 Å². The van der Waals surface area contributed by atoms with Crippen molar-refractivity contribution in [3.05, 3.63) is 47.2 Å². The lowest BCUT2D eigenvalue weighted by Crippen LogP contribution is -2.48. The van der Waals surface area contributed by atoms with Crippen LogP contribution in [-0.2, 0) is 6.54 Å². The molecule has 2 heterocycles. The van der Waals surface area contributed by atoms with E-state index in [1.54, 1.807) is 10.9 Å². The van der Waals surface area contributed by atoms with Gasteiger partial charge in [-0.25, -0.2) is 9.48 Å². The van der Waals surface area contributed by atoms with E-state index < -0.39 is 0 Å². The van der Waals surface area contributed by atoms with Gasteiger partial charge in [-0.05, 0) is 49.9 Å². The van der Waals surface area contributed by atoms with Crippen molar-refractivity contribution in [3.63, 3.8) is 0 Å². The van der Waals surface area contributed by atoms with Crippen LogP contribution in [0.2, 0.25) is 5.02 Å². The first-order valence-corrected chi connectivity index (χ1v) is 8.89. The molecule has 1 unspecified atom stereocenters. The van der Waals surface area contributed by atoms with Crippen LogP contribution in [0.1, 0.15) is 38.2 Å². The molecule has 0 aliphatic carbocycles. The molecule has 0 bridgehead atoms. The molecule has 1 N–H and O–H groups in total. The monoisotopic (exact) mass is 346 g/mol. The summed E-state index contributed by atoms with van der Waals surface area (Å²) in [6, 6.07) is 7.90. The Hall–Kier alpha value is -2.01. The molecule has 128 valence electrons. The molecular weight excluding hydrogens is 324 g/mol. The molecule has 2 amide bonds. The largest absolute Gasteiger partial charge is 0.334 e. The quantitative estimate of drug-likeness (QED) is 0.909. The number of nitrogens with zero attached hydrogens (tertiary/aromatic N) is 3. The summed E-state index contributed by atoms with van der Waals surface area (Å²) >= 11 is 5.90. The summed E-state index contributed by atoms with van der Waals surface area (Å²) in [6.07, 6.45) is 8.15. The molecule has 1 aliphatic rings. The minimum atomic E-state index is 0.0285. The number of halogens is 1. The molecule has 1 saturated heterocycles. The molecule has 1 aromatic carbocycles. The summed E-state index contributed by atoms with van der Waals surface area (Å²) in [7, 11) is 0. The van der Waals surface area contributed by atoms with Crippen LogP contribution in [-0.4, -0.2) is 33.3 Å². The lowest BCUT2D eigenvalue weighted by atomic mass is 10.0. The zero-order chi connectivity index (χ0) is 16.9. The number of amides is 2. The Balaban J connectivity index is 1.59. The van der Waals surface area contributed by atoms with Crippen molar-refractivity contribution in [2.24, 2.45) is 0 Å². The Morgan fingerprint density at radius 2 is 2.12 bits per heavy atom. The smallest absolute Gasteiger partial charge is 0.317 e. The highest BCUT2D eigenvalue weighted by molar-refractivity contribution is 6.30. The number of benzene rings is 1. The molecule has 3 rings (SSSR count). The molecule has 6 heteroatoms. The lowest BCUT2D eigenvalue weighted by Gasteiger charge is -2.35. The predicted molar refractivity (Wildman–Crippen MR) is 95.4 cm³/mol. The van der Waals surface area contributed by atoms with Crippen molar-refractivity contribution in [1.29, 1.82) is 0 Å². The highest BCUT2D eigenvalue weighted by Gasteiger charge is 2.24. The van der Waals surface area contributed by atoms with Gasteiger partial charge >= 0.3 is 6.03 Å². The van der Waals surface area contributed by atoms with Crippen molar-refractivity contribution >= 4 is 17.6 Å². The third-order valence-electron chi connectivity index (χ3n) is 4.53. The first-order chi connectivity index (χ1) is 11.7. The van der Waals surface area contributed by atoms with Gasteiger partial charge in [-0.3, -0.25) is 0 Å². The number of nitrogens with one attached hydrogen (secondary N) is 1. The van der Waals surface area contributed by atoms with Gasteiger partial charge in [-0.15, -0.1) is 0 Å². The highest BCUT2D eigenvalue weighted by atomic mass is 35.5. The Bertz CT molecular complexity index is 683. The number of piperidine rings is 1. The van der Waals surface area contributed by atoms with Gasteiger partial charge in [0.05, 0.1) is 11.9 Å². The molecule has 1 atom stereocenters. The minimum Gasteiger partial charge on any atom is -0.334 e. The Labute approximate surface area is 147 Å². The van der Waals surface area contributed by atoms with Crippen molar-refractivity contribution in [3.8, 4) is 5.69 Å². The second kappa shape index (κ2) is 7.71. The fraction of sp³-hybridized carbons (Fsp3) is 0.444. The van der Waals surface area contributed by atoms with Crippen LogP contribution in [0.3, 0.4) is 0 Å². The number of aromatic nitrogens is 2. The van der Waals surface area contributed by atoms with Gasteiger partial charge in [0.1, 0.15) is 0 Å². The van der Waals surface area contributed by atoms with E-state index in [4.69, 9.17) is 11.6 Å². The maximum absolute atomic E-state index is 12.4. The SMILES string of the molecule is CCC1CCCCN1C(=O)NCc1cnn(-c2ccc(Cl)cc2)c1. The van der Waals surface area contributed by atoms with E-state index in [2.05, 4.69) is 17.3 Å². The summed E-state index contributed by atoms with van der Waals surface area (Å²) in [6.45, 7) is 3.49. The summed E-state index contributed by atoms with van der Waals surface area (Å²) in [5, 5.41) is 8.07. The lowest BCUT2D eigenvalue weighted by molar-refractivity contribution is 0.148. The molecule has 1 aliphatic heterocycles. The van der Waals surface area contributed by atoms with E-state index >= 15 is 0 Å². The maximum atomic E-state index is 12.4. The molecule has 0 radical (unpaired) electrons. The minimum absolute atomic E-state index is 0.0285. The molecule has 0 saturated carbocycles. The Morgan fingerprint density at radius 1 is 1.33 bits per heavy atom. The van der Waals surface area contributed by atoms with E-state index in [9.17, 15) is 4.79 Å². The van der Waals surface area contributed by atoms with E-state index in [0.29, 0.717) is 17.6 Å². The van der Waals surface area contributed by atoms with Gasteiger partial charge in [0.2, 0.25) is 0 Å². The second-order valence-corrected chi connectivity index (χ2v) is 6.62.